The normalized spacial score (nSPS) is 17.8. The highest BCUT2D eigenvalue weighted by Gasteiger charge is 2.31. The van der Waals surface area contributed by atoms with Crippen molar-refractivity contribution in [2.75, 3.05) is 18.0 Å². The van der Waals surface area contributed by atoms with Gasteiger partial charge < -0.3 is 4.90 Å². The lowest BCUT2D eigenvalue weighted by atomic mass is 10.2. The second-order valence-electron chi connectivity index (χ2n) is 3.51. The lowest BCUT2D eigenvalue weighted by Crippen LogP contribution is -2.34. The fourth-order valence-electron chi connectivity index (χ4n) is 1.90. The number of hydrogen-bond donors (Lipinski definition) is 0. The standard InChI is InChI=1S/C10H6Cl2FN3/c11-5-3-6(13)8-7(4-5)15-9(12)10-14-1-2-16(8)10/h3-4H,1-2H2. The van der Waals surface area contributed by atoms with Crippen molar-refractivity contribution in [3.05, 3.63) is 23.0 Å². The van der Waals surface area contributed by atoms with Gasteiger partial charge in [-0.1, -0.05) is 23.2 Å². The van der Waals surface area contributed by atoms with Crippen LogP contribution in [0.5, 0.6) is 0 Å². The Kier molecular flexibility index (Phi) is 2.16. The molecule has 0 amide bonds. The molecule has 0 N–H and O–H groups in total. The molecular formula is C10H6Cl2FN3. The Hall–Kier alpha value is -1.13. The zero-order valence-corrected chi connectivity index (χ0v) is 9.56. The summed E-state index contributed by atoms with van der Waals surface area (Å²) in [6, 6.07) is 2.86. The first-order valence-corrected chi connectivity index (χ1v) is 5.48. The first-order chi connectivity index (χ1) is 7.66. The van der Waals surface area contributed by atoms with Crippen LogP contribution in [0, 0.1) is 5.82 Å². The molecule has 3 rings (SSSR count). The molecule has 0 radical (unpaired) electrons. The number of aliphatic imine (C=N–C) groups is 2. The van der Waals surface area contributed by atoms with E-state index in [1.54, 1.807) is 11.0 Å². The van der Waals surface area contributed by atoms with Crippen molar-refractivity contribution in [3.63, 3.8) is 0 Å². The highest BCUT2D eigenvalue weighted by molar-refractivity contribution is 6.85. The van der Waals surface area contributed by atoms with Crippen LogP contribution in [0.1, 0.15) is 0 Å². The maximum Gasteiger partial charge on any atom is 0.172 e. The Balaban J connectivity index is 2.28. The lowest BCUT2D eigenvalue weighted by Gasteiger charge is -2.25. The number of halogens is 3. The summed E-state index contributed by atoms with van der Waals surface area (Å²) in [6.45, 7) is 1.22. The van der Waals surface area contributed by atoms with Crippen molar-refractivity contribution >= 4 is 45.6 Å². The SMILES string of the molecule is Fc1cc(Cl)cc2c1N1CCN=C1C(Cl)=N2. The summed E-state index contributed by atoms with van der Waals surface area (Å²) in [4.78, 5) is 10.0. The van der Waals surface area contributed by atoms with Crippen LogP contribution < -0.4 is 4.90 Å². The number of nitrogens with zero attached hydrogens (tertiary/aromatic N) is 3. The second kappa shape index (κ2) is 3.43. The van der Waals surface area contributed by atoms with Crippen molar-refractivity contribution in [1.82, 2.24) is 0 Å². The van der Waals surface area contributed by atoms with Gasteiger partial charge in [0, 0.05) is 11.6 Å². The van der Waals surface area contributed by atoms with Crippen molar-refractivity contribution in [2.45, 2.75) is 0 Å². The molecule has 0 unspecified atom stereocenters. The van der Waals surface area contributed by atoms with Crippen LogP contribution in [0.25, 0.3) is 0 Å². The molecule has 0 aliphatic carbocycles. The van der Waals surface area contributed by atoms with E-state index in [-0.39, 0.29) is 5.17 Å². The Morgan fingerprint density at radius 1 is 1.31 bits per heavy atom. The number of hydrogen-bond acceptors (Lipinski definition) is 3. The molecule has 0 atom stereocenters. The molecule has 1 aromatic carbocycles. The summed E-state index contributed by atoms with van der Waals surface area (Å²) in [7, 11) is 0. The molecule has 0 aromatic heterocycles. The predicted molar refractivity (Wildman–Crippen MR) is 64.0 cm³/mol. The highest BCUT2D eigenvalue weighted by atomic mass is 35.5. The van der Waals surface area contributed by atoms with Gasteiger partial charge >= 0.3 is 0 Å². The molecule has 1 aromatic rings. The smallest absolute Gasteiger partial charge is 0.172 e. The van der Waals surface area contributed by atoms with E-state index in [0.717, 1.165) is 0 Å². The summed E-state index contributed by atoms with van der Waals surface area (Å²) in [5.74, 6) is 0.139. The van der Waals surface area contributed by atoms with Gasteiger partial charge in [0.15, 0.2) is 16.8 Å². The van der Waals surface area contributed by atoms with Crippen LogP contribution in [-0.2, 0) is 0 Å². The van der Waals surface area contributed by atoms with Crippen LogP contribution >= 0.6 is 23.2 Å². The Morgan fingerprint density at radius 2 is 2.12 bits per heavy atom. The van der Waals surface area contributed by atoms with E-state index in [9.17, 15) is 4.39 Å². The number of amidine groups is 1. The zero-order valence-electron chi connectivity index (χ0n) is 8.04. The predicted octanol–water partition coefficient (Wildman–Crippen LogP) is 2.98. The van der Waals surface area contributed by atoms with E-state index in [2.05, 4.69) is 9.98 Å². The molecule has 16 heavy (non-hydrogen) atoms. The first-order valence-electron chi connectivity index (χ1n) is 4.72. The minimum atomic E-state index is -0.398. The first kappa shape index (κ1) is 10.1. The number of anilines is 1. The minimum Gasteiger partial charge on any atom is -0.318 e. The fraction of sp³-hybridized carbons (Fsp3) is 0.200. The molecule has 0 saturated carbocycles. The molecule has 0 fully saturated rings. The second-order valence-corrected chi connectivity index (χ2v) is 4.31. The van der Waals surface area contributed by atoms with E-state index < -0.39 is 5.82 Å². The molecular weight excluding hydrogens is 252 g/mol. The van der Waals surface area contributed by atoms with Crippen molar-refractivity contribution < 1.29 is 4.39 Å². The van der Waals surface area contributed by atoms with E-state index in [4.69, 9.17) is 23.2 Å². The van der Waals surface area contributed by atoms with Gasteiger partial charge in [-0.3, -0.25) is 4.99 Å². The fourth-order valence-corrected chi connectivity index (χ4v) is 2.35. The molecule has 2 aliphatic heterocycles. The summed E-state index contributed by atoms with van der Waals surface area (Å²) in [5, 5.41) is 0.593. The van der Waals surface area contributed by atoms with Gasteiger partial charge in [-0.2, -0.15) is 0 Å². The Labute approximate surface area is 101 Å². The van der Waals surface area contributed by atoms with E-state index in [1.165, 1.54) is 6.07 Å². The third kappa shape index (κ3) is 1.33. The summed E-state index contributed by atoms with van der Waals surface area (Å²) < 4.78 is 13.8. The lowest BCUT2D eigenvalue weighted by molar-refractivity contribution is 0.627. The quantitative estimate of drug-likeness (QED) is 0.703. The Morgan fingerprint density at radius 3 is 2.94 bits per heavy atom. The third-order valence-electron chi connectivity index (χ3n) is 2.52. The minimum absolute atomic E-state index is 0.284. The van der Waals surface area contributed by atoms with Gasteiger partial charge in [-0.25, -0.2) is 9.38 Å². The van der Waals surface area contributed by atoms with Crippen molar-refractivity contribution in [2.24, 2.45) is 9.98 Å². The molecule has 2 aliphatic rings. The largest absolute Gasteiger partial charge is 0.318 e. The van der Waals surface area contributed by atoms with Crippen LogP contribution in [-0.4, -0.2) is 24.1 Å². The van der Waals surface area contributed by atoms with Gasteiger partial charge in [0.05, 0.1) is 12.2 Å². The van der Waals surface area contributed by atoms with Gasteiger partial charge in [-0.05, 0) is 12.1 Å². The topological polar surface area (TPSA) is 28.0 Å². The maximum absolute atomic E-state index is 13.8. The van der Waals surface area contributed by atoms with Crippen LogP contribution in [0.3, 0.4) is 0 Å². The molecule has 6 heteroatoms. The van der Waals surface area contributed by atoms with E-state index in [1.807, 2.05) is 0 Å². The molecule has 0 spiro atoms. The average molecular weight is 258 g/mol. The third-order valence-corrected chi connectivity index (χ3v) is 2.99. The van der Waals surface area contributed by atoms with E-state index in [0.29, 0.717) is 35.3 Å². The van der Waals surface area contributed by atoms with Crippen molar-refractivity contribution in [3.8, 4) is 0 Å². The highest BCUT2D eigenvalue weighted by Crippen LogP contribution is 2.39. The van der Waals surface area contributed by atoms with Gasteiger partial charge in [0.2, 0.25) is 0 Å². The van der Waals surface area contributed by atoms with Crippen LogP contribution in [0.15, 0.2) is 22.1 Å². The molecule has 2 heterocycles. The van der Waals surface area contributed by atoms with Gasteiger partial charge in [0.1, 0.15) is 5.69 Å². The van der Waals surface area contributed by atoms with Crippen molar-refractivity contribution in [1.29, 1.82) is 0 Å². The zero-order chi connectivity index (χ0) is 11.3. The number of fused-ring (bicyclic) bond motifs is 3. The van der Waals surface area contributed by atoms with Crippen LogP contribution in [0.4, 0.5) is 15.8 Å². The van der Waals surface area contributed by atoms with Gasteiger partial charge in [0.25, 0.3) is 0 Å². The molecule has 3 nitrogen and oxygen atoms in total. The molecule has 0 bridgehead atoms. The van der Waals surface area contributed by atoms with Crippen LogP contribution in [0.2, 0.25) is 5.02 Å². The number of rotatable bonds is 0. The average Bonchev–Trinajstić information content (AvgIpc) is 2.65. The molecule has 82 valence electrons. The number of benzene rings is 1. The van der Waals surface area contributed by atoms with Gasteiger partial charge in [-0.15, -0.1) is 0 Å². The Bertz CT molecular complexity index is 539. The molecule has 0 saturated heterocycles. The maximum atomic E-state index is 13.8. The monoisotopic (exact) mass is 257 g/mol. The summed E-state index contributed by atoms with van der Waals surface area (Å²) in [5.41, 5.74) is 0.862. The summed E-state index contributed by atoms with van der Waals surface area (Å²) in [6.07, 6.45) is 0. The van der Waals surface area contributed by atoms with E-state index >= 15 is 0 Å². The summed E-state index contributed by atoms with van der Waals surface area (Å²) >= 11 is 11.7.